The first-order chi connectivity index (χ1) is 17.6. The zero-order chi connectivity index (χ0) is 24.2. The number of pyridine rings is 1. The molecule has 0 radical (unpaired) electrons. The van der Waals surface area contributed by atoms with Crippen molar-refractivity contribution in [3.05, 3.63) is 78.1 Å². The number of aromatic nitrogens is 5. The molecule has 182 valence electrons. The first-order valence-electron chi connectivity index (χ1n) is 13.2. The molecule has 4 heterocycles. The van der Waals surface area contributed by atoms with Crippen LogP contribution in [0.2, 0.25) is 0 Å². The Morgan fingerprint density at radius 2 is 1.81 bits per heavy atom. The maximum Gasteiger partial charge on any atom is 0.164 e. The Labute approximate surface area is 209 Å². The second-order valence-electron chi connectivity index (χ2n) is 10.8. The van der Waals surface area contributed by atoms with Gasteiger partial charge in [-0.25, -0.2) is 19.3 Å². The van der Waals surface area contributed by atoms with Gasteiger partial charge in [-0.1, -0.05) is 37.3 Å². The Kier molecular flexibility index (Phi) is 5.15. The molecule has 5 aromatic rings. The molecule has 8 rings (SSSR count). The number of benzene rings is 1. The number of rotatable bonds is 5. The van der Waals surface area contributed by atoms with Crippen molar-refractivity contribution in [3.63, 3.8) is 0 Å². The highest BCUT2D eigenvalue weighted by molar-refractivity contribution is 5.93. The molecule has 1 N–H and O–H groups in total. The molecule has 6 heteroatoms. The number of H-pyrrole nitrogens is 1. The Balaban J connectivity index is 1.37. The van der Waals surface area contributed by atoms with E-state index in [2.05, 4.69) is 58.0 Å². The van der Waals surface area contributed by atoms with Crippen LogP contribution in [0.15, 0.2) is 61.1 Å². The summed E-state index contributed by atoms with van der Waals surface area (Å²) in [7, 11) is 0. The number of fused-ring (bicyclic) bond motifs is 5. The SMILES string of the molecule is CC1C2CCC(CC2)C1Cc1nc(-c2c[nH]c3ncc(F)cc23)nc2c1ccn2Cc1ccccc1. The second-order valence-corrected chi connectivity index (χ2v) is 10.8. The first-order valence-corrected chi connectivity index (χ1v) is 13.2. The molecule has 3 saturated carbocycles. The summed E-state index contributed by atoms with van der Waals surface area (Å²) in [4.78, 5) is 17.6. The molecule has 3 aliphatic rings. The third-order valence-electron chi connectivity index (χ3n) is 8.90. The van der Waals surface area contributed by atoms with E-state index in [1.165, 1.54) is 43.5 Å². The topological polar surface area (TPSA) is 59.4 Å². The van der Waals surface area contributed by atoms with Gasteiger partial charge in [-0.2, -0.15) is 0 Å². The van der Waals surface area contributed by atoms with Gasteiger partial charge in [-0.15, -0.1) is 0 Å². The lowest BCUT2D eigenvalue weighted by Gasteiger charge is -2.47. The van der Waals surface area contributed by atoms with Crippen LogP contribution in [0.3, 0.4) is 0 Å². The van der Waals surface area contributed by atoms with E-state index in [0.717, 1.165) is 53.0 Å². The molecule has 2 unspecified atom stereocenters. The van der Waals surface area contributed by atoms with Crippen molar-refractivity contribution in [2.75, 3.05) is 0 Å². The monoisotopic (exact) mass is 479 g/mol. The molecular formula is C30H30FN5. The molecule has 2 atom stereocenters. The van der Waals surface area contributed by atoms with Crippen LogP contribution in [-0.2, 0) is 13.0 Å². The Morgan fingerprint density at radius 1 is 1.00 bits per heavy atom. The van der Waals surface area contributed by atoms with Crippen molar-refractivity contribution < 1.29 is 4.39 Å². The summed E-state index contributed by atoms with van der Waals surface area (Å²) >= 11 is 0. The number of aromatic amines is 1. The fourth-order valence-electron chi connectivity index (χ4n) is 6.93. The number of hydrogen-bond acceptors (Lipinski definition) is 3. The quantitative estimate of drug-likeness (QED) is 0.302. The van der Waals surface area contributed by atoms with Gasteiger partial charge < -0.3 is 9.55 Å². The van der Waals surface area contributed by atoms with E-state index >= 15 is 0 Å². The van der Waals surface area contributed by atoms with Crippen molar-refractivity contribution in [3.8, 4) is 11.4 Å². The predicted molar refractivity (Wildman–Crippen MR) is 140 cm³/mol. The lowest BCUT2D eigenvalue weighted by Crippen LogP contribution is -2.39. The van der Waals surface area contributed by atoms with Gasteiger partial charge in [-0.3, -0.25) is 0 Å². The fourth-order valence-corrected chi connectivity index (χ4v) is 6.93. The Morgan fingerprint density at radius 3 is 2.61 bits per heavy atom. The van der Waals surface area contributed by atoms with E-state index in [4.69, 9.17) is 9.97 Å². The van der Waals surface area contributed by atoms with Gasteiger partial charge in [0.15, 0.2) is 5.82 Å². The van der Waals surface area contributed by atoms with Crippen LogP contribution >= 0.6 is 0 Å². The van der Waals surface area contributed by atoms with Crippen molar-refractivity contribution >= 4 is 22.1 Å². The molecule has 2 bridgehead atoms. The van der Waals surface area contributed by atoms with Crippen molar-refractivity contribution in [1.29, 1.82) is 0 Å². The summed E-state index contributed by atoms with van der Waals surface area (Å²) in [5.41, 5.74) is 4.73. The number of halogens is 1. The standard InChI is InChI=1S/C30H30FN5/c1-18-20-7-9-21(10-8-20)24(18)14-27-23-11-12-36(17-19-5-3-2-4-6-19)30(23)35-29(34-27)26-16-33-28-25(26)13-22(31)15-32-28/h2-6,11-13,15-16,18,20-21,24H,7-10,14,17H2,1H3,(H,32,33). The minimum absolute atomic E-state index is 0.357. The molecule has 0 saturated heterocycles. The van der Waals surface area contributed by atoms with Gasteiger partial charge in [0.25, 0.3) is 0 Å². The zero-order valence-corrected chi connectivity index (χ0v) is 20.5. The van der Waals surface area contributed by atoms with Crippen LogP contribution in [0, 0.1) is 29.5 Å². The van der Waals surface area contributed by atoms with Crippen LogP contribution in [0.5, 0.6) is 0 Å². The zero-order valence-electron chi connectivity index (χ0n) is 20.5. The van der Waals surface area contributed by atoms with E-state index < -0.39 is 0 Å². The second kappa shape index (κ2) is 8.54. The molecule has 3 aliphatic carbocycles. The third kappa shape index (κ3) is 3.62. The smallest absolute Gasteiger partial charge is 0.164 e. The molecule has 3 fully saturated rings. The minimum Gasteiger partial charge on any atom is -0.345 e. The fraction of sp³-hybridized carbons (Fsp3) is 0.367. The number of nitrogens with one attached hydrogen (secondary N) is 1. The largest absolute Gasteiger partial charge is 0.345 e. The summed E-state index contributed by atoms with van der Waals surface area (Å²) < 4.78 is 16.3. The lowest BCUT2D eigenvalue weighted by atomic mass is 9.58. The average molecular weight is 480 g/mol. The summed E-state index contributed by atoms with van der Waals surface area (Å²) in [6.45, 7) is 3.20. The number of nitrogens with zero attached hydrogens (tertiary/aromatic N) is 4. The summed E-state index contributed by atoms with van der Waals surface area (Å²) in [5, 5.41) is 1.85. The van der Waals surface area contributed by atoms with Gasteiger partial charge in [0.1, 0.15) is 17.1 Å². The molecule has 0 spiro atoms. The Bertz CT molecular complexity index is 1540. The maximum atomic E-state index is 14.1. The minimum atomic E-state index is -0.357. The molecule has 0 aliphatic heterocycles. The molecular weight excluding hydrogens is 449 g/mol. The van der Waals surface area contributed by atoms with Gasteiger partial charge in [0, 0.05) is 35.3 Å². The average Bonchev–Trinajstić information content (AvgIpc) is 3.51. The molecule has 1 aromatic carbocycles. The summed E-state index contributed by atoms with van der Waals surface area (Å²) in [5.74, 6) is 3.30. The van der Waals surface area contributed by atoms with Crippen molar-refractivity contribution in [1.82, 2.24) is 24.5 Å². The summed E-state index contributed by atoms with van der Waals surface area (Å²) in [6.07, 6.45) is 11.7. The van der Waals surface area contributed by atoms with Crippen LogP contribution in [0.4, 0.5) is 4.39 Å². The van der Waals surface area contributed by atoms with Gasteiger partial charge in [0.2, 0.25) is 0 Å². The molecule has 36 heavy (non-hydrogen) atoms. The molecule has 0 amide bonds. The van der Waals surface area contributed by atoms with E-state index in [-0.39, 0.29) is 5.82 Å². The van der Waals surface area contributed by atoms with Gasteiger partial charge in [0.05, 0.1) is 11.9 Å². The van der Waals surface area contributed by atoms with Crippen LogP contribution in [-0.4, -0.2) is 24.5 Å². The van der Waals surface area contributed by atoms with Crippen molar-refractivity contribution in [2.45, 2.75) is 45.6 Å². The van der Waals surface area contributed by atoms with Crippen LogP contribution in [0.25, 0.3) is 33.5 Å². The van der Waals surface area contributed by atoms with E-state index in [1.54, 1.807) is 0 Å². The van der Waals surface area contributed by atoms with E-state index in [9.17, 15) is 4.39 Å². The molecule has 4 aromatic heterocycles. The highest BCUT2D eigenvalue weighted by atomic mass is 19.1. The summed E-state index contributed by atoms with van der Waals surface area (Å²) in [6, 6.07) is 14.2. The maximum absolute atomic E-state index is 14.1. The van der Waals surface area contributed by atoms with E-state index in [0.29, 0.717) is 22.8 Å². The predicted octanol–water partition coefficient (Wildman–Crippen LogP) is 6.78. The lowest BCUT2D eigenvalue weighted by molar-refractivity contribution is 0.0341. The van der Waals surface area contributed by atoms with Gasteiger partial charge >= 0.3 is 0 Å². The van der Waals surface area contributed by atoms with Crippen LogP contribution < -0.4 is 0 Å². The van der Waals surface area contributed by atoms with E-state index in [1.807, 2.05) is 12.3 Å². The van der Waals surface area contributed by atoms with Crippen molar-refractivity contribution in [2.24, 2.45) is 23.7 Å². The third-order valence-corrected chi connectivity index (χ3v) is 8.90. The highest BCUT2D eigenvalue weighted by Crippen LogP contribution is 2.50. The first kappa shape index (κ1) is 21.7. The highest BCUT2D eigenvalue weighted by Gasteiger charge is 2.41. The Hall–Kier alpha value is -3.54. The normalized spacial score (nSPS) is 23.6. The molecule has 5 nitrogen and oxygen atoms in total. The van der Waals surface area contributed by atoms with Crippen LogP contribution in [0.1, 0.15) is 43.9 Å². The number of hydrogen-bond donors (Lipinski definition) is 1. The van der Waals surface area contributed by atoms with Gasteiger partial charge in [-0.05, 0) is 73.5 Å².